The highest BCUT2D eigenvalue weighted by Crippen LogP contribution is 2.37. The summed E-state index contributed by atoms with van der Waals surface area (Å²) in [6, 6.07) is 0. The fourth-order valence-electron chi connectivity index (χ4n) is 3.39. The molecule has 180 valence electrons. The van der Waals surface area contributed by atoms with Crippen molar-refractivity contribution in [2.75, 3.05) is 27.9 Å². The maximum atomic E-state index is 12.8. The summed E-state index contributed by atoms with van der Waals surface area (Å²) in [5.41, 5.74) is 0. The maximum absolute atomic E-state index is 12.8. The van der Waals surface area contributed by atoms with Crippen molar-refractivity contribution in [1.82, 2.24) is 5.06 Å². The molecule has 0 aliphatic heterocycles. The fourth-order valence-corrected chi connectivity index (χ4v) is 5.74. The number of hydroxylamine groups is 2. The van der Waals surface area contributed by atoms with E-state index in [1.165, 1.54) is 12.2 Å². The zero-order valence-electron chi connectivity index (χ0n) is 22.1. The Balaban J connectivity index is 5.59. The number of amides is 1. The van der Waals surface area contributed by atoms with Crippen LogP contribution in [-0.2, 0) is 23.2 Å². The van der Waals surface area contributed by atoms with Gasteiger partial charge in [-0.15, -0.1) is 0 Å². The molecule has 0 unspecified atom stereocenters. The van der Waals surface area contributed by atoms with Crippen LogP contribution < -0.4 is 0 Å². The van der Waals surface area contributed by atoms with E-state index < -0.39 is 16.6 Å². The van der Waals surface area contributed by atoms with Gasteiger partial charge in [0.15, 0.2) is 16.6 Å². The van der Waals surface area contributed by atoms with Gasteiger partial charge in [0.1, 0.15) is 0 Å². The molecule has 0 heterocycles. The van der Waals surface area contributed by atoms with Gasteiger partial charge in [-0.25, -0.2) is 5.06 Å². The Morgan fingerprint density at radius 3 is 1.83 bits per heavy atom. The molecule has 1 amide bonds. The minimum atomic E-state index is -1.89. The summed E-state index contributed by atoms with van der Waals surface area (Å²) in [6.07, 6.45) is -0.346. The van der Waals surface area contributed by atoms with Crippen molar-refractivity contribution >= 4 is 22.5 Å². The molecule has 0 bridgehead atoms. The Kier molecular flexibility index (Phi) is 11.5. The number of carbonyl (C=O) groups excluding carboxylic acids is 1. The standard InChI is InChI=1S/C22H49NO5Si2/c1-16(15-27-30(13,14)22(4,5)6)19(25-8)17(2)20(28-29(10,11)12)18(3)21(24)23(7)26-9/h16-20H,15H2,1-14H3/t16-,17+,18-,19+,20+/m0/s1. The summed E-state index contributed by atoms with van der Waals surface area (Å²) in [6.45, 7) is 24.6. The third kappa shape index (κ3) is 8.71. The van der Waals surface area contributed by atoms with Gasteiger partial charge in [-0.1, -0.05) is 41.5 Å². The van der Waals surface area contributed by atoms with E-state index in [0.29, 0.717) is 6.61 Å². The lowest BCUT2D eigenvalue weighted by Crippen LogP contribution is -2.50. The van der Waals surface area contributed by atoms with Crippen molar-refractivity contribution in [1.29, 1.82) is 0 Å². The number of ether oxygens (including phenoxy) is 1. The molecule has 0 radical (unpaired) electrons. The minimum Gasteiger partial charge on any atom is -0.416 e. The molecule has 30 heavy (non-hydrogen) atoms. The first-order valence-corrected chi connectivity index (χ1v) is 17.4. The zero-order chi connectivity index (χ0) is 24.1. The predicted octanol–water partition coefficient (Wildman–Crippen LogP) is 5.17. The van der Waals surface area contributed by atoms with Crippen molar-refractivity contribution in [3.63, 3.8) is 0 Å². The first-order valence-electron chi connectivity index (χ1n) is 11.1. The van der Waals surface area contributed by atoms with Crippen molar-refractivity contribution in [2.45, 2.75) is 91.5 Å². The van der Waals surface area contributed by atoms with Gasteiger partial charge in [0.2, 0.25) is 0 Å². The second-order valence-corrected chi connectivity index (χ2v) is 20.4. The number of hydrogen-bond acceptors (Lipinski definition) is 5. The summed E-state index contributed by atoms with van der Waals surface area (Å²) < 4.78 is 18.9. The lowest BCUT2D eigenvalue weighted by molar-refractivity contribution is -0.178. The van der Waals surface area contributed by atoms with Gasteiger partial charge in [0.25, 0.3) is 5.91 Å². The van der Waals surface area contributed by atoms with Gasteiger partial charge < -0.3 is 13.6 Å². The summed E-state index contributed by atoms with van der Waals surface area (Å²) in [7, 11) is 1.14. The molecular formula is C22H49NO5Si2. The van der Waals surface area contributed by atoms with E-state index in [0.717, 1.165) is 0 Å². The van der Waals surface area contributed by atoms with Gasteiger partial charge in [0, 0.05) is 32.6 Å². The largest absolute Gasteiger partial charge is 0.416 e. The summed E-state index contributed by atoms with van der Waals surface area (Å²) in [5.74, 6) is -0.242. The highest BCUT2D eigenvalue weighted by Gasteiger charge is 2.41. The van der Waals surface area contributed by atoms with Crippen LogP contribution in [0.15, 0.2) is 0 Å². The molecule has 0 fully saturated rings. The number of rotatable bonds is 12. The lowest BCUT2D eigenvalue weighted by Gasteiger charge is -2.41. The van der Waals surface area contributed by atoms with Gasteiger partial charge in [-0.3, -0.25) is 9.63 Å². The van der Waals surface area contributed by atoms with Crippen LogP contribution in [0.25, 0.3) is 0 Å². The normalized spacial score (nSPS) is 18.5. The first-order chi connectivity index (χ1) is 13.4. The topological polar surface area (TPSA) is 57.2 Å². The average molecular weight is 464 g/mol. The zero-order valence-corrected chi connectivity index (χ0v) is 24.1. The summed E-state index contributed by atoms with van der Waals surface area (Å²) >= 11 is 0. The second-order valence-electron chi connectivity index (χ2n) is 11.1. The first kappa shape index (κ1) is 29.7. The number of nitrogens with zero attached hydrogens (tertiary/aromatic N) is 1. The Morgan fingerprint density at radius 1 is 0.967 bits per heavy atom. The lowest BCUT2D eigenvalue weighted by atomic mass is 9.84. The van der Waals surface area contributed by atoms with E-state index in [4.69, 9.17) is 18.4 Å². The van der Waals surface area contributed by atoms with Gasteiger partial charge >= 0.3 is 0 Å². The van der Waals surface area contributed by atoms with Crippen LogP contribution in [-0.4, -0.2) is 67.7 Å². The van der Waals surface area contributed by atoms with E-state index in [-0.39, 0.29) is 40.9 Å². The van der Waals surface area contributed by atoms with E-state index in [9.17, 15) is 4.79 Å². The fraction of sp³-hybridized carbons (Fsp3) is 0.955. The van der Waals surface area contributed by atoms with Gasteiger partial charge in [-0.2, -0.15) is 0 Å². The van der Waals surface area contributed by atoms with Crippen molar-refractivity contribution < 1.29 is 23.2 Å². The Morgan fingerprint density at radius 2 is 1.47 bits per heavy atom. The third-order valence-electron chi connectivity index (χ3n) is 6.34. The monoisotopic (exact) mass is 463 g/mol. The molecule has 0 saturated carbocycles. The van der Waals surface area contributed by atoms with Crippen LogP contribution in [0.2, 0.25) is 37.8 Å². The molecule has 0 aliphatic carbocycles. The van der Waals surface area contributed by atoms with Crippen LogP contribution >= 0.6 is 0 Å². The van der Waals surface area contributed by atoms with Crippen molar-refractivity contribution in [3.05, 3.63) is 0 Å². The van der Waals surface area contributed by atoms with Crippen LogP contribution in [0.1, 0.15) is 41.5 Å². The highest BCUT2D eigenvalue weighted by molar-refractivity contribution is 6.74. The number of methoxy groups -OCH3 is 1. The second kappa shape index (κ2) is 11.6. The number of carbonyl (C=O) groups is 1. The van der Waals surface area contributed by atoms with E-state index in [1.54, 1.807) is 14.2 Å². The minimum absolute atomic E-state index is 0.0175. The molecule has 0 aromatic carbocycles. The van der Waals surface area contributed by atoms with Gasteiger partial charge in [-0.05, 0) is 37.8 Å². The molecular weight excluding hydrogens is 414 g/mol. The van der Waals surface area contributed by atoms with Crippen molar-refractivity contribution in [2.24, 2.45) is 17.8 Å². The van der Waals surface area contributed by atoms with E-state index >= 15 is 0 Å². The molecule has 0 rings (SSSR count). The van der Waals surface area contributed by atoms with Crippen molar-refractivity contribution in [3.8, 4) is 0 Å². The smallest absolute Gasteiger partial charge is 0.251 e. The summed E-state index contributed by atoms with van der Waals surface area (Å²) in [5, 5.41) is 1.44. The van der Waals surface area contributed by atoms with Gasteiger partial charge in [0.05, 0.1) is 25.2 Å². The molecule has 8 heteroatoms. The Labute approximate surface area is 188 Å². The molecule has 0 aliphatic rings. The van der Waals surface area contributed by atoms with Crippen LogP contribution in [0, 0.1) is 17.8 Å². The number of hydrogen-bond donors (Lipinski definition) is 0. The predicted molar refractivity (Wildman–Crippen MR) is 129 cm³/mol. The molecule has 0 aromatic rings. The van der Waals surface area contributed by atoms with Crippen LogP contribution in [0.3, 0.4) is 0 Å². The molecule has 5 atom stereocenters. The Hall–Kier alpha value is -0.256. The SMILES string of the molecule is CO[C@@H]([C@@H](C)[C@@H](O[Si](C)(C)C)[C@H](C)C(=O)N(C)OC)[C@@H](C)CO[Si](C)(C)C(C)(C)C. The highest BCUT2D eigenvalue weighted by atomic mass is 28.4. The molecule has 0 spiro atoms. The quantitative estimate of drug-likeness (QED) is 0.295. The average Bonchev–Trinajstić information content (AvgIpc) is 2.61. The third-order valence-corrected chi connectivity index (χ3v) is 11.8. The Bertz CT molecular complexity index is 531. The molecule has 6 nitrogen and oxygen atoms in total. The molecule has 0 saturated heterocycles. The van der Waals surface area contributed by atoms with Crippen LogP contribution in [0.4, 0.5) is 0 Å². The van der Waals surface area contributed by atoms with E-state index in [1.807, 2.05) is 6.92 Å². The summed E-state index contributed by atoms with van der Waals surface area (Å²) in [4.78, 5) is 18.0. The molecule has 0 aromatic heterocycles. The maximum Gasteiger partial charge on any atom is 0.251 e. The molecule has 0 N–H and O–H groups in total. The van der Waals surface area contributed by atoms with Crippen LogP contribution in [0.5, 0.6) is 0 Å². The van der Waals surface area contributed by atoms with E-state index in [2.05, 4.69) is 67.4 Å².